The summed E-state index contributed by atoms with van der Waals surface area (Å²) in [6.07, 6.45) is 0.369. The Morgan fingerprint density at radius 1 is 1.56 bits per heavy atom. The lowest BCUT2D eigenvalue weighted by atomic mass is 10.2. The second-order valence-electron chi connectivity index (χ2n) is 3.49. The number of hydrogen-bond donors (Lipinski definition) is 2. The summed E-state index contributed by atoms with van der Waals surface area (Å²) in [5.74, 6) is 0. The number of nitrogens with one attached hydrogen (secondary N) is 1. The van der Waals surface area contributed by atoms with Crippen LogP contribution in [0.4, 0.5) is 0 Å². The van der Waals surface area contributed by atoms with Gasteiger partial charge in [0.25, 0.3) is 10.2 Å². The minimum Gasteiger partial charge on any atom is -0.396 e. The summed E-state index contributed by atoms with van der Waals surface area (Å²) in [4.78, 5) is 0.902. The molecule has 0 aliphatic rings. The minimum atomic E-state index is -3.47. The number of aliphatic hydroxyl groups excluding tert-OH is 1. The summed E-state index contributed by atoms with van der Waals surface area (Å²) in [5, 5.41) is 10.8. The van der Waals surface area contributed by atoms with Crippen LogP contribution in [0, 0.1) is 0 Å². The van der Waals surface area contributed by atoms with Crippen molar-refractivity contribution < 1.29 is 13.5 Å². The maximum Gasteiger partial charge on any atom is 0.279 e. The average Bonchev–Trinajstić information content (AvgIpc) is 2.69. The first-order valence-electron chi connectivity index (χ1n) is 4.81. The fraction of sp³-hybridized carbons (Fsp3) is 0.556. The molecule has 0 saturated carbocycles. The summed E-state index contributed by atoms with van der Waals surface area (Å²) in [7, 11) is -0.537. The Bertz CT molecular complexity index is 400. The van der Waals surface area contributed by atoms with E-state index in [-0.39, 0.29) is 12.6 Å². The average molecular weight is 264 g/mol. The Morgan fingerprint density at radius 2 is 2.25 bits per heavy atom. The van der Waals surface area contributed by atoms with Crippen LogP contribution in [0.25, 0.3) is 0 Å². The van der Waals surface area contributed by atoms with Gasteiger partial charge in [-0.25, -0.2) is 0 Å². The highest BCUT2D eigenvalue weighted by molar-refractivity contribution is 7.87. The van der Waals surface area contributed by atoms with E-state index < -0.39 is 10.2 Å². The van der Waals surface area contributed by atoms with Crippen LogP contribution in [0.2, 0.25) is 0 Å². The molecular formula is C9H16N2O3S2. The first kappa shape index (κ1) is 13.6. The highest BCUT2D eigenvalue weighted by atomic mass is 32.2. The maximum absolute atomic E-state index is 11.6. The van der Waals surface area contributed by atoms with E-state index in [0.717, 1.165) is 9.18 Å². The van der Waals surface area contributed by atoms with E-state index >= 15 is 0 Å². The van der Waals surface area contributed by atoms with Gasteiger partial charge in [0.1, 0.15) is 0 Å². The smallest absolute Gasteiger partial charge is 0.279 e. The molecule has 0 aliphatic carbocycles. The molecule has 16 heavy (non-hydrogen) atoms. The highest BCUT2D eigenvalue weighted by Crippen LogP contribution is 2.22. The number of rotatable bonds is 6. The van der Waals surface area contributed by atoms with Crippen LogP contribution in [0.3, 0.4) is 0 Å². The molecule has 92 valence electrons. The van der Waals surface area contributed by atoms with E-state index in [9.17, 15) is 8.42 Å². The van der Waals surface area contributed by atoms with Gasteiger partial charge in [-0.15, -0.1) is 11.3 Å². The molecule has 2 N–H and O–H groups in total. The lowest BCUT2D eigenvalue weighted by molar-refractivity contribution is 0.272. The summed E-state index contributed by atoms with van der Waals surface area (Å²) in [6.45, 7) is -0.0570. The Kier molecular flexibility index (Phi) is 4.88. The predicted molar refractivity (Wildman–Crippen MR) is 64.5 cm³/mol. The van der Waals surface area contributed by atoms with Gasteiger partial charge in [0.05, 0.1) is 6.04 Å². The molecule has 7 heteroatoms. The Balaban J connectivity index is 2.81. The zero-order valence-corrected chi connectivity index (χ0v) is 10.9. The molecule has 1 atom stereocenters. The first-order chi connectivity index (χ1) is 7.47. The van der Waals surface area contributed by atoms with Gasteiger partial charge in [-0.2, -0.15) is 17.4 Å². The van der Waals surface area contributed by atoms with Crippen molar-refractivity contribution in [3.63, 3.8) is 0 Å². The van der Waals surface area contributed by atoms with Crippen LogP contribution in [-0.2, 0) is 10.2 Å². The van der Waals surface area contributed by atoms with E-state index in [1.807, 2.05) is 17.5 Å². The van der Waals surface area contributed by atoms with E-state index in [0.29, 0.717) is 6.42 Å². The fourth-order valence-electron chi connectivity index (χ4n) is 1.16. The Labute approximate surface area is 99.9 Å². The molecule has 0 aromatic carbocycles. The minimum absolute atomic E-state index is 0.0570. The number of aliphatic hydroxyl groups is 1. The standard InChI is InChI=1S/C9H16N2O3S2/c1-11(2)16(13,14)10-8(5-6-12)9-4-3-7-15-9/h3-4,7-8,10,12H,5-6H2,1-2H3/t8-/m0/s1. The normalized spacial score (nSPS) is 14.2. The van der Waals surface area contributed by atoms with Gasteiger partial charge < -0.3 is 5.11 Å². The van der Waals surface area contributed by atoms with Crippen LogP contribution < -0.4 is 4.72 Å². The van der Waals surface area contributed by atoms with Crippen molar-refractivity contribution in [2.75, 3.05) is 20.7 Å². The van der Waals surface area contributed by atoms with Crippen molar-refractivity contribution in [3.8, 4) is 0 Å². The molecule has 1 rings (SSSR count). The lowest BCUT2D eigenvalue weighted by Crippen LogP contribution is -2.38. The van der Waals surface area contributed by atoms with Crippen LogP contribution in [0.15, 0.2) is 17.5 Å². The molecule has 0 fully saturated rings. The third-order valence-electron chi connectivity index (χ3n) is 2.08. The molecule has 0 unspecified atom stereocenters. The zero-order valence-electron chi connectivity index (χ0n) is 9.25. The summed E-state index contributed by atoms with van der Waals surface area (Å²) < 4.78 is 27.0. The van der Waals surface area contributed by atoms with Crippen molar-refractivity contribution >= 4 is 21.5 Å². The zero-order chi connectivity index (χ0) is 12.2. The molecule has 1 heterocycles. The maximum atomic E-state index is 11.6. The van der Waals surface area contributed by atoms with Crippen LogP contribution in [0.5, 0.6) is 0 Å². The van der Waals surface area contributed by atoms with Crippen molar-refractivity contribution in [1.29, 1.82) is 0 Å². The quantitative estimate of drug-likeness (QED) is 0.789. The van der Waals surface area contributed by atoms with Gasteiger partial charge in [0.2, 0.25) is 0 Å². The molecule has 0 spiro atoms. The SMILES string of the molecule is CN(C)S(=O)(=O)N[C@@H](CCO)c1cccs1. The van der Waals surface area contributed by atoms with Gasteiger partial charge in [-0.05, 0) is 17.9 Å². The van der Waals surface area contributed by atoms with Crippen molar-refractivity contribution in [1.82, 2.24) is 9.03 Å². The van der Waals surface area contributed by atoms with Crippen LogP contribution >= 0.6 is 11.3 Å². The van der Waals surface area contributed by atoms with E-state index in [1.54, 1.807) is 0 Å². The van der Waals surface area contributed by atoms with Gasteiger partial charge in [0, 0.05) is 25.6 Å². The fourth-order valence-corrected chi connectivity index (χ4v) is 2.87. The topological polar surface area (TPSA) is 69.6 Å². The van der Waals surface area contributed by atoms with E-state index in [4.69, 9.17) is 5.11 Å². The van der Waals surface area contributed by atoms with E-state index in [1.165, 1.54) is 25.4 Å². The number of thiophene rings is 1. The lowest BCUT2D eigenvalue weighted by Gasteiger charge is -2.19. The van der Waals surface area contributed by atoms with Crippen LogP contribution in [0.1, 0.15) is 17.3 Å². The summed E-state index contributed by atoms with van der Waals surface area (Å²) >= 11 is 1.47. The highest BCUT2D eigenvalue weighted by Gasteiger charge is 2.21. The third-order valence-corrected chi connectivity index (χ3v) is 4.61. The van der Waals surface area contributed by atoms with Crippen molar-refractivity contribution in [2.45, 2.75) is 12.5 Å². The molecular weight excluding hydrogens is 248 g/mol. The number of hydrogen-bond acceptors (Lipinski definition) is 4. The third kappa shape index (κ3) is 3.53. The van der Waals surface area contributed by atoms with Gasteiger partial charge in [-0.1, -0.05) is 6.07 Å². The largest absolute Gasteiger partial charge is 0.396 e. The predicted octanol–water partition coefficient (Wildman–Crippen LogP) is 0.568. The molecule has 0 radical (unpaired) electrons. The van der Waals surface area contributed by atoms with E-state index in [2.05, 4.69) is 4.72 Å². The summed E-state index contributed by atoms with van der Waals surface area (Å²) in [6, 6.07) is 3.34. The molecule has 0 bridgehead atoms. The molecule has 1 aromatic rings. The van der Waals surface area contributed by atoms with Gasteiger partial charge in [-0.3, -0.25) is 0 Å². The Morgan fingerprint density at radius 3 is 2.69 bits per heavy atom. The van der Waals surface area contributed by atoms with Gasteiger partial charge >= 0.3 is 0 Å². The van der Waals surface area contributed by atoms with Gasteiger partial charge in [0.15, 0.2) is 0 Å². The summed E-state index contributed by atoms with van der Waals surface area (Å²) in [5.41, 5.74) is 0. The second-order valence-corrected chi connectivity index (χ2v) is 6.38. The van der Waals surface area contributed by atoms with Crippen molar-refractivity contribution in [2.24, 2.45) is 0 Å². The van der Waals surface area contributed by atoms with Crippen molar-refractivity contribution in [3.05, 3.63) is 22.4 Å². The number of nitrogens with zero attached hydrogens (tertiary/aromatic N) is 1. The first-order valence-corrected chi connectivity index (χ1v) is 7.13. The molecule has 0 saturated heterocycles. The molecule has 5 nitrogen and oxygen atoms in total. The van der Waals surface area contributed by atoms with Crippen LogP contribution in [-0.4, -0.2) is 38.5 Å². The molecule has 0 aliphatic heterocycles. The second kappa shape index (κ2) is 5.74. The molecule has 1 aromatic heterocycles. The monoisotopic (exact) mass is 264 g/mol. The Hall–Kier alpha value is -0.470. The molecule has 0 amide bonds.